The highest BCUT2D eigenvalue weighted by atomic mass is 127. The maximum atomic E-state index is 4.35. The van der Waals surface area contributed by atoms with E-state index in [0.717, 1.165) is 25.5 Å². The third-order valence-corrected chi connectivity index (χ3v) is 4.12. The molecule has 2 rings (SSSR count). The number of nitrogens with zero attached hydrogens (tertiary/aromatic N) is 2. The molecule has 0 aliphatic heterocycles. The predicted molar refractivity (Wildman–Crippen MR) is 107 cm³/mol. The van der Waals surface area contributed by atoms with E-state index < -0.39 is 0 Å². The number of hydrogen-bond acceptors (Lipinski definition) is 2. The van der Waals surface area contributed by atoms with Crippen LogP contribution in [0.15, 0.2) is 46.1 Å². The zero-order valence-electron chi connectivity index (χ0n) is 13.4. The Hall–Kier alpha value is -1.08. The monoisotopic (exact) mass is 429 g/mol. The molecule has 0 saturated carbocycles. The molecule has 5 heteroatoms. The number of nitrogens with one attached hydrogen (secondary N) is 1. The van der Waals surface area contributed by atoms with Crippen molar-refractivity contribution in [2.24, 2.45) is 4.99 Å². The van der Waals surface area contributed by atoms with E-state index in [-0.39, 0.29) is 24.0 Å². The minimum absolute atomic E-state index is 0. The number of aliphatic imine (C=N–C) groups is 1. The normalized spacial score (nSPS) is 11.0. The van der Waals surface area contributed by atoms with Crippen molar-refractivity contribution in [3.05, 3.63) is 57.8 Å². The van der Waals surface area contributed by atoms with E-state index >= 15 is 0 Å². The molecule has 1 aromatic heterocycles. The number of rotatable bonds is 5. The first-order valence-electron chi connectivity index (χ1n) is 7.17. The van der Waals surface area contributed by atoms with Crippen LogP contribution < -0.4 is 5.32 Å². The first-order valence-corrected chi connectivity index (χ1v) is 8.11. The van der Waals surface area contributed by atoms with Gasteiger partial charge in [0.1, 0.15) is 0 Å². The van der Waals surface area contributed by atoms with Crippen molar-refractivity contribution in [3.63, 3.8) is 0 Å². The summed E-state index contributed by atoms with van der Waals surface area (Å²) in [6, 6.07) is 10.9. The smallest absolute Gasteiger partial charge is 0.193 e. The summed E-state index contributed by atoms with van der Waals surface area (Å²) in [5.41, 5.74) is 3.98. The topological polar surface area (TPSA) is 27.6 Å². The van der Waals surface area contributed by atoms with Crippen molar-refractivity contribution in [2.45, 2.75) is 19.9 Å². The van der Waals surface area contributed by atoms with Gasteiger partial charge in [0.15, 0.2) is 5.96 Å². The Morgan fingerprint density at radius 1 is 1.18 bits per heavy atom. The largest absolute Gasteiger partial charge is 0.356 e. The lowest BCUT2D eigenvalue weighted by molar-refractivity contribution is 0.478. The first kappa shape index (κ1) is 19.0. The summed E-state index contributed by atoms with van der Waals surface area (Å²) < 4.78 is 0. The van der Waals surface area contributed by atoms with E-state index in [9.17, 15) is 0 Å². The van der Waals surface area contributed by atoms with Crippen LogP contribution in [-0.2, 0) is 13.0 Å². The van der Waals surface area contributed by atoms with Gasteiger partial charge in [-0.05, 0) is 41.3 Å². The van der Waals surface area contributed by atoms with Gasteiger partial charge in [-0.25, -0.2) is 0 Å². The zero-order valence-corrected chi connectivity index (χ0v) is 16.5. The number of halogens is 1. The third kappa shape index (κ3) is 5.96. The van der Waals surface area contributed by atoms with Crippen molar-refractivity contribution >= 4 is 41.3 Å². The molecule has 0 atom stereocenters. The Kier molecular flexibility index (Phi) is 8.48. The zero-order chi connectivity index (χ0) is 15.1. The van der Waals surface area contributed by atoms with E-state index in [1.807, 2.05) is 7.05 Å². The molecule has 0 aliphatic carbocycles. The molecule has 2 aromatic rings. The number of thiophene rings is 1. The van der Waals surface area contributed by atoms with Crippen molar-refractivity contribution in [2.75, 3.05) is 20.6 Å². The fourth-order valence-electron chi connectivity index (χ4n) is 2.19. The summed E-state index contributed by atoms with van der Waals surface area (Å²) in [6.07, 6.45) is 1.01. The molecule has 0 spiro atoms. The molecule has 3 nitrogen and oxygen atoms in total. The van der Waals surface area contributed by atoms with Gasteiger partial charge in [0.2, 0.25) is 0 Å². The highest BCUT2D eigenvalue weighted by Crippen LogP contribution is 2.08. The standard InChI is InChI=1S/C17H23N3S.HI/c1-14-4-6-15(7-5-14)8-10-19-17(18-2)20(3)12-16-9-11-21-13-16;/h4-7,9,11,13H,8,10,12H2,1-3H3,(H,18,19);1H. The molecule has 0 bridgehead atoms. The molecule has 1 N–H and O–H groups in total. The van der Waals surface area contributed by atoms with Gasteiger partial charge < -0.3 is 10.2 Å². The van der Waals surface area contributed by atoms with Gasteiger partial charge in [0, 0.05) is 27.2 Å². The second-order valence-corrected chi connectivity index (χ2v) is 5.98. The van der Waals surface area contributed by atoms with Crippen molar-refractivity contribution in [1.29, 1.82) is 0 Å². The molecule has 0 radical (unpaired) electrons. The van der Waals surface area contributed by atoms with Gasteiger partial charge in [-0.1, -0.05) is 29.8 Å². The minimum atomic E-state index is 0. The minimum Gasteiger partial charge on any atom is -0.356 e. The first-order chi connectivity index (χ1) is 10.2. The molecule has 0 saturated heterocycles. The molecule has 0 aliphatic rings. The average Bonchev–Trinajstić information content (AvgIpc) is 2.98. The summed E-state index contributed by atoms with van der Waals surface area (Å²) in [5, 5.41) is 7.71. The lowest BCUT2D eigenvalue weighted by Crippen LogP contribution is -2.39. The van der Waals surface area contributed by atoms with Crippen LogP contribution in [0.25, 0.3) is 0 Å². The van der Waals surface area contributed by atoms with Crippen LogP contribution >= 0.6 is 35.3 Å². The second kappa shape index (κ2) is 9.84. The van der Waals surface area contributed by atoms with E-state index in [0.29, 0.717) is 0 Å². The third-order valence-electron chi connectivity index (χ3n) is 3.39. The lowest BCUT2D eigenvalue weighted by atomic mass is 10.1. The molecule has 22 heavy (non-hydrogen) atoms. The van der Waals surface area contributed by atoms with Crippen LogP contribution in [0.2, 0.25) is 0 Å². The molecule has 0 fully saturated rings. The van der Waals surface area contributed by atoms with Gasteiger partial charge in [-0.3, -0.25) is 4.99 Å². The van der Waals surface area contributed by atoms with Crippen molar-refractivity contribution in [1.82, 2.24) is 10.2 Å². The van der Waals surface area contributed by atoms with Crippen LogP contribution in [0.5, 0.6) is 0 Å². The van der Waals surface area contributed by atoms with Crippen LogP contribution in [-0.4, -0.2) is 31.5 Å². The number of benzene rings is 1. The Labute approximate surface area is 154 Å². The van der Waals surface area contributed by atoms with E-state index in [4.69, 9.17) is 0 Å². The summed E-state index contributed by atoms with van der Waals surface area (Å²) in [4.78, 5) is 6.50. The summed E-state index contributed by atoms with van der Waals surface area (Å²) in [5.74, 6) is 0.938. The van der Waals surface area contributed by atoms with Gasteiger partial charge in [0.05, 0.1) is 0 Å². The number of guanidine groups is 1. The Morgan fingerprint density at radius 2 is 1.91 bits per heavy atom. The van der Waals surface area contributed by atoms with Crippen molar-refractivity contribution < 1.29 is 0 Å². The van der Waals surface area contributed by atoms with E-state index in [1.54, 1.807) is 11.3 Å². The maximum Gasteiger partial charge on any atom is 0.193 e. The predicted octanol–water partition coefficient (Wildman–Crippen LogP) is 3.92. The maximum absolute atomic E-state index is 4.35. The fourth-order valence-corrected chi connectivity index (χ4v) is 2.85. The highest BCUT2D eigenvalue weighted by Gasteiger charge is 2.06. The number of aryl methyl sites for hydroxylation is 1. The average molecular weight is 429 g/mol. The fraction of sp³-hybridized carbons (Fsp3) is 0.353. The Balaban J connectivity index is 0.00000242. The van der Waals surface area contributed by atoms with Gasteiger partial charge in [-0.15, -0.1) is 24.0 Å². The van der Waals surface area contributed by atoms with Crippen LogP contribution in [0.4, 0.5) is 0 Å². The molecule has 0 unspecified atom stereocenters. The Bertz CT molecular complexity index is 564. The molecular formula is C17H24IN3S. The number of hydrogen-bond donors (Lipinski definition) is 1. The van der Waals surface area contributed by atoms with Gasteiger partial charge in [0.25, 0.3) is 0 Å². The summed E-state index contributed by atoms with van der Waals surface area (Å²) >= 11 is 1.73. The lowest BCUT2D eigenvalue weighted by Gasteiger charge is -2.21. The van der Waals surface area contributed by atoms with Gasteiger partial charge in [-0.2, -0.15) is 11.3 Å². The van der Waals surface area contributed by atoms with E-state index in [2.05, 4.69) is 70.3 Å². The molecule has 120 valence electrons. The molecule has 0 amide bonds. The molecule has 1 aromatic carbocycles. The van der Waals surface area contributed by atoms with Crippen molar-refractivity contribution in [3.8, 4) is 0 Å². The quantitative estimate of drug-likeness (QED) is 0.443. The van der Waals surface area contributed by atoms with Crippen LogP contribution in [0.1, 0.15) is 16.7 Å². The SMILES string of the molecule is CN=C(NCCc1ccc(C)cc1)N(C)Cc1ccsc1.I. The van der Waals surface area contributed by atoms with Crippen LogP contribution in [0.3, 0.4) is 0 Å². The van der Waals surface area contributed by atoms with Crippen LogP contribution in [0, 0.1) is 6.92 Å². The molecule has 1 heterocycles. The second-order valence-electron chi connectivity index (χ2n) is 5.20. The summed E-state index contributed by atoms with van der Waals surface area (Å²) in [6.45, 7) is 3.89. The Morgan fingerprint density at radius 3 is 2.50 bits per heavy atom. The van der Waals surface area contributed by atoms with E-state index in [1.165, 1.54) is 16.7 Å². The van der Waals surface area contributed by atoms with Gasteiger partial charge >= 0.3 is 0 Å². The summed E-state index contributed by atoms with van der Waals surface area (Å²) in [7, 11) is 3.90. The molecular weight excluding hydrogens is 405 g/mol. The highest BCUT2D eigenvalue weighted by molar-refractivity contribution is 14.0.